The predicted octanol–water partition coefficient (Wildman–Crippen LogP) is 1.46. The molecule has 0 spiro atoms. The number of morpholine rings is 1. The molecule has 1 aromatic carbocycles. The molecule has 0 unspecified atom stereocenters. The number of aromatic nitrogens is 2. The van der Waals surface area contributed by atoms with Crippen molar-refractivity contribution in [3.63, 3.8) is 0 Å². The van der Waals surface area contributed by atoms with E-state index in [0.717, 1.165) is 6.07 Å². The average Bonchev–Trinajstić information content (AvgIpc) is 2.58. The van der Waals surface area contributed by atoms with Gasteiger partial charge in [-0.25, -0.2) is 18.0 Å². The van der Waals surface area contributed by atoms with E-state index in [2.05, 4.69) is 4.98 Å². The van der Waals surface area contributed by atoms with Crippen molar-refractivity contribution >= 4 is 5.82 Å². The number of nitrogens with zero attached hydrogens (tertiary/aromatic N) is 3. The summed E-state index contributed by atoms with van der Waals surface area (Å²) < 4.78 is 52.2. The van der Waals surface area contributed by atoms with Crippen LogP contribution >= 0.6 is 0 Å². The molecule has 4 rings (SSSR count). The van der Waals surface area contributed by atoms with Gasteiger partial charge in [-0.3, -0.25) is 4.57 Å². The van der Waals surface area contributed by atoms with E-state index in [1.807, 2.05) is 4.90 Å². The quantitative estimate of drug-likeness (QED) is 0.782. The van der Waals surface area contributed by atoms with Gasteiger partial charge in [0.15, 0.2) is 11.6 Å². The monoisotopic (exact) mass is 353 g/mol. The first kappa shape index (κ1) is 15.9. The molecule has 3 heterocycles. The minimum absolute atomic E-state index is 0.00493. The van der Waals surface area contributed by atoms with Crippen LogP contribution < -0.4 is 15.3 Å². The second-order valence-electron chi connectivity index (χ2n) is 5.93. The molecule has 0 radical (unpaired) electrons. The Kier molecular flexibility index (Phi) is 3.87. The maximum atomic E-state index is 13.7. The summed E-state index contributed by atoms with van der Waals surface area (Å²) in [6, 6.07) is 2.76. The van der Waals surface area contributed by atoms with Crippen molar-refractivity contribution in [2.24, 2.45) is 0 Å². The molecule has 0 saturated carbocycles. The second-order valence-corrected chi connectivity index (χ2v) is 5.93. The van der Waals surface area contributed by atoms with Crippen LogP contribution in [0.5, 0.6) is 5.88 Å². The lowest BCUT2D eigenvalue weighted by Gasteiger charge is -2.40. The van der Waals surface area contributed by atoms with E-state index < -0.39 is 23.1 Å². The van der Waals surface area contributed by atoms with Gasteiger partial charge in [0.25, 0.3) is 0 Å². The Balaban J connectivity index is 1.59. The van der Waals surface area contributed by atoms with Crippen LogP contribution in [0.2, 0.25) is 0 Å². The number of rotatable bonds is 3. The van der Waals surface area contributed by atoms with Crippen molar-refractivity contribution in [1.82, 2.24) is 9.55 Å². The molecule has 132 valence electrons. The standard InChI is InChI=1S/C16H14F3N3O3/c17-11-4-13(19)12(18)3-9(11)8-25-14-5-15-21-1-2-24-10(6-21)7-22(15)16(23)20-14/h3-5,10H,1-2,6-8H2/t10-/m0/s1. The molecular weight excluding hydrogens is 339 g/mol. The zero-order valence-electron chi connectivity index (χ0n) is 13.0. The minimum Gasteiger partial charge on any atom is -0.472 e. The number of benzene rings is 1. The third kappa shape index (κ3) is 2.95. The maximum absolute atomic E-state index is 13.7. The molecule has 6 nitrogen and oxygen atoms in total. The highest BCUT2D eigenvalue weighted by molar-refractivity contribution is 5.44. The van der Waals surface area contributed by atoms with Crippen molar-refractivity contribution in [2.75, 3.05) is 24.6 Å². The number of hydrogen-bond acceptors (Lipinski definition) is 5. The summed E-state index contributed by atoms with van der Waals surface area (Å²) in [5.74, 6) is -2.71. The van der Waals surface area contributed by atoms with Gasteiger partial charge in [-0.2, -0.15) is 4.98 Å². The summed E-state index contributed by atoms with van der Waals surface area (Å²) in [7, 11) is 0. The van der Waals surface area contributed by atoms with E-state index in [-0.39, 0.29) is 24.2 Å². The van der Waals surface area contributed by atoms with E-state index in [1.165, 1.54) is 4.57 Å². The van der Waals surface area contributed by atoms with Crippen molar-refractivity contribution in [3.05, 3.63) is 51.7 Å². The molecular formula is C16H14F3N3O3. The lowest BCUT2D eigenvalue weighted by atomic mass is 10.2. The highest BCUT2D eigenvalue weighted by Crippen LogP contribution is 2.26. The van der Waals surface area contributed by atoms with Crippen LogP contribution in [0.25, 0.3) is 0 Å². The molecule has 0 amide bonds. The Morgan fingerprint density at radius 2 is 1.96 bits per heavy atom. The normalized spacial score (nSPS) is 18.8. The van der Waals surface area contributed by atoms with Crippen molar-refractivity contribution in [1.29, 1.82) is 0 Å². The van der Waals surface area contributed by atoms with Crippen LogP contribution in [0.1, 0.15) is 5.56 Å². The molecule has 1 atom stereocenters. The van der Waals surface area contributed by atoms with E-state index in [4.69, 9.17) is 9.47 Å². The molecule has 1 fully saturated rings. The fraction of sp³-hybridized carbons (Fsp3) is 0.375. The zero-order valence-corrected chi connectivity index (χ0v) is 13.0. The summed E-state index contributed by atoms with van der Waals surface area (Å²) in [5, 5.41) is 0. The lowest BCUT2D eigenvalue weighted by Crippen LogP contribution is -2.52. The van der Waals surface area contributed by atoms with Gasteiger partial charge in [-0.15, -0.1) is 0 Å². The predicted molar refractivity (Wildman–Crippen MR) is 81.1 cm³/mol. The Hall–Kier alpha value is -2.55. The minimum atomic E-state index is -1.27. The molecule has 1 aromatic heterocycles. The molecule has 9 heteroatoms. The van der Waals surface area contributed by atoms with Crippen LogP contribution in [0.3, 0.4) is 0 Å². The fourth-order valence-corrected chi connectivity index (χ4v) is 3.05. The average molecular weight is 353 g/mol. The van der Waals surface area contributed by atoms with Crippen molar-refractivity contribution in [3.8, 4) is 5.88 Å². The number of ether oxygens (including phenoxy) is 2. The number of hydrogen-bond donors (Lipinski definition) is 0. The summed E-state index contributed by atoms with van der Waals surface area (Å²) in [6.45, 7) is 1.91. The van der Waals surface area contributed by atoms with Gasteiger partial charge in [-0.1, -0.05) is 0 Å². The van der Waals surface area contributed by atoms with Gasteiger partial charge in [0.2, 0.25) is 5.88 Å². The van der Waals surface area contributed by atoms with Crippen LogP contribution in [0, 0.1) is 17.5 Å². The summed E-state index contributed by atoms with van der Waals surface area (Å²) in [5.41, 5.74) is -0.664. The van der Waals surface area contributed by atoms with E-state index in [1.54, 1.807) is 6.07 Å². The summed E-state index contributed by atoms with van der Waals surface area (Å²) >= 11 is 0. The molecule has 0 aliphatic carbocycles. The van der Waals surface area contributed by atoms with Gasteiger partial charge in [-0.05, 0) is 6.07 Å². The molecule has 2 aliphatic rings. The first-order valence-electron chi connectivity index (χ1n) is 7.76. The number of halogens is 3. The van der Waals surface area contributed by atoms with Gasteiger partial charge in [0, 0.05) is 30.8 Å². The molecule has 2 aliphatic heterocycles. The van der Waals surface area contributed by atoms with Gasteiger partial charge in [0.05, 0.1) is 19.3 Å². The fourth-order valence-electron chi connectivity index (χ4n) is 3.05. The van der Waals surface area contributed by atoms with Gasteiger partial charge in [0.1, 0.15) is 18.2 Å². The Morgan fingerprint density at radius 3 is 2.80 bits per heavy atom. The van der Waals surface area contributed by atoms with E-state index in [0.29, 0.717) is 38.1 Å². The van der Waals surface area contributed by atoms with Crippen LogP contribution in [-0.4, -0.2) is 35.4 Å². The smallest absolute Gasteiger partial charge is 0.352 e. The zero-order chi connectivity index (χ0) is 17.6. The summed E-state index contributed by atoms with van der Waals surface area (Å²) in [6.07, 6.45) is -0.0520. The third-order valence-electron chi connectivity index (χ3n) is 4.28. The van der Waals surface area contributed by atoms with Gasteiger partial charge < -0.3 is 14.4 Å². The topological polar surface area (TPSA) is 56.6 Å². The van der Waals surface area contributed by atoms with E-state index in [9.17, 15) is 18.0 Å². The highest BCUT2D eigenvalue weighted by atomic mass is 19.2. The molecule has 0 N–H and O–H groups in total. The first-order chi connectivity index (χ1) is 12.0. The Bertz CT molecular complexity index is 887. The second kappa shape index (κ2) is 6.07. The first-order valence-corrected chi connectivity index (χ1v) is 7.76. The molecule has 2 bridgehead atoms. The van der Waals surface area contributed by atoms with Crippen molar-refractivity contribution < 1.29 is 22.6 Å². The number of fused-ring (bicyclic) bond motifs is 4. The largest absolute Gasteiger partial charge is 0.472 e. The Morgan fingerprint density at radius 1 is 1.16 bits per heavy atom. The molecule has 2 aromatic rings. The maximum Gasteiger partial charge on any atom is 0.352 e. The highest BCUT2D eigenvalue weighted by Gasteiger charge is 2.30. The SMILES string of the molecule is O=c1nc(OCc2cc(F)c(F)cc2F)cc2n1C[C@@H]1CN2CCO1. The molecule has 1 saturated heterocycles. The third-order valence-corrected chi connectivity index (χ3v) is 4.28. The van der Waals surface area contributed by atoms with Crippen LogP contribution in [0.4, 0.5) is 19.0 Å². The Labute approximate surface area is 140 Å². The van der Waals surface area contributed by atoms with Crippen LogP contribution in [-0.2, 0) is 17.9 Å². The molecule has 25 heavy (non-hydrogen) atoms. The van der Waals surface area contributed by atoms with Gasteiger partial charge >= 0.3 is 5.69 Å². The number of anilines is 1. The van der Waals surface area contributed by atoms with Crippen molar-refractivity contribution in [2.45, 2.75) is 19.3 Å². The lowest BCUT2D eigenvalue weighted by molar-refractivity contribution is 0.0195. The summed E-state index contributed by atoms with van der Waals surface area (Å²) in [4.78, 5) is 18.0. The van der Waals surface area contributed by atoms with Crippen LogP contribution in [0.15, 0.2) is 23.0 Å². The van der Waals surface area contributed by atoms with E-state index >= 15 is 0 Å².